The molecule has 1 heterocycles. The number of nitrogens with one attached hydrogen (secondary N) is 1. The van der Waals surface area contributed by atoms with E-state index in [1.807, 2.05) is 6.92 Å². The third kappa shape index (κ3) is 1.44. The van der Waals surface area contributed by atoms with E-state index in [1.165, 1.54) is 0 Å². The monoisotopic (exact) mass is 171 g/mol. The van der Waals surface area contributed by atoms with Crippen molar-refractivity contribution in [3.8, 4) is 0 Å². The van der Waals surface area contributed by atoms with Gasteiger partial charge in [0.2, 0.25) is 0 Å². The van der Waals surface area contributed by atoms with Gasteiger partial charge in [-0.05, 0) is 13.8 Å². The lowest BCUT2D eigenvalue weighted by Gasteiger charge is -2.26. The first-order valence-electron chi connectivity index (χ1n) is 3.64. The molecule has 0 radical (unpaired) electrons. The zero-order valence-corrected chi connectivity index (χ0v) is 7.40. The molecule has 2 atom stereocenters. The van der Waals surface area contributed by atoms with Gasteiger partial charge < -0.3 is 10.5 Å². The molecule has 0 aliphatic heterocycles. The number of nitrogens with two attached hydrogens (primary N) is 1. The minimum Gasteiger partial charge on any atom is -0.379 e. The second-order valence-corrected chi connectivity index (χ2v) is 2.90. The van der Waals surface area contributed by atoms with Gasteiger partial charge in [0.1, 0.15) is 5.54 Å². The number of methoxy groups -OCH3 is 1. The molecular weight excluding hydrogens is 158 g/mol. The van der Waals surface area contributed by atoms with Crippen LogP contribution in [0, 0.1) is 0 Å². The Kier molecular flexibility index (Phi) is 2.39. The third-order valence-corrected chi connectivity index (χ3v) is 2.03. The minimum atomic E-state index is -0.707. The molecule has 2 unspecified atom stereocenters. The highest BCUT2D eigenvalue weighted by molar-refractivity contribution is 5.01. The average Bonchev–Trinajstić information content (AvgIpc) is 2.55. The maximum atomic E-state index is 5.93. The summed E-state index contributed by atoms with van der Waals surface area (Å²) in [5.41, 5.74) is 5.22. The highest BCUT2D eigenvalue weighted by atomic mass is 16.5. The van der Waals surface area contributed by atoms with Crippen LogP contribution in [0.3, 0.4) is 0 Å². The Morgan fingerprint density at radius 1 is 1.67 bits per heavy atom. The van der Waals surface area contributed by atoms with Crippen molar-refractivity contribution in [2.75, 3.05) is 7.11 Å². The standard InChI is InChI=1S/C6H13N5O/c1-4(12-3)6(2,7)5-8-10-11-9-5/h4H,7H2,1-3H3,(H,8,9,10,11). The molecule has 1 aromatic rings. The Labute approximate surface area is 70.5 Å². The van der Waals surface area contributed by atoms with Crippen molar-refractivity contribution in [2.24, 2.45) is 5.73 Å². The van der Waals surface area contributed by atoms with Crippen molar-refractivity contribution in [3.05, 3.63) is 5.82 Å². The molecule has 0 aliphatic rings. The molecule has 0 saturated carbocycles. The van der Waals surface area contributed by atoms with Gasteiger partial charge in [-0.3, -0.25) is 0 Å². The van der Waals surface area contributed by atoms with E-state index in [-0.39, 0.29) is 6.10 Å². The van der Waals surface area contributed by atoms with Crippen LogP contribution in [0.1, 0.15) is 19.7 Å². The normalized spacial score (nSPS) is 18.7. The molecule has 0 aromatic carbocycles. The molecule has 68 valence electrons. The van der Waals surface area contributed by atoms with Crippen LogP contribution in [-0.2, 0) is 10.3 Å². The number of aromatic nitrogens is 4. The summed E-state index contributed by atoms with van der Waals surface area (Å²) in [6.45, 7) is 3.66. The van der Waals surface area contributed by atoms with Crippen molar-refractivity contribution < 1.29 is 4.74 Å². The van der Waals surface area contributed by atoms with E-state index < -0.39 is 5.54 Å². The highest BCUT2D eigenvalue weighted by Crippen LogP contribution is 2.18. The lowest BCUT2D eigenvalue weighted by atomic mass is 9.96. The van der Waals surface area contributed by atoms with E-state index in [1.54, 1.807) is 14.0 Å². The van der Waals surface area contributed by atoms with Crippen LogP contribution < -0.4 is 5.73 Å². The second-order valence-electron chi connectivity index (χ2n) is 2.90. The summed E-state index contributed by atoms with van der Waals surface area (Å²) in [7, 11) is 1.59. The van der Waals surface area contributed by atoms with Gasteiger partial charge in [0.05, 0.1) is 6.10 Å². The molecule has 6 heteroatoms. The smallest absolute Gasteiger partial charge is 0.196 e. The van der Waals surface area contributed by atoms with Crippen LogP contribution in [0.15, 0.2) is 0 Å². The summed E-state index contributed by atoms with van der Waals surface area (Å²) in [4.78, 5) is 0. The zero-order valence-electron chi connectivity index (χ0n) is 7.40. The Morgan fingerprint density at radius 2 is 2.33 bits per heavy atom. The summed E-state index contributed by atoms with van der Waals surface area (Å²) < 4.78 is 5.09. The number of H-pyrrole nitrogens is 1. The average molecular weight is 171 g/mol. The molecule has 6 nitrogen and oxygen atoms in total. The third-order valence-electron chi connectivity index (χ3n) is 2.03. The minimum absolute atomic E-state index is 0.157. The van der Waals surface area contributed by atoms with Crippen LogP contribution in [0.5, 0.6) is 0 Å². The van der Waals surface area contributed by atoms with Gasteiger partial charge in [0, 0.05) is 7.11 Å². The van der Waals surface area contributed by atoms with Gasteiger partial charge >= 0.3 is 0 Å². The van der Waals surface area contributed by atoms with Crippen molar-refractivity contribution in [2.45, 2.75) is 25.5 Å². The zero-order chi connectivity index (χ0) is 9.19. The number of ether oxygens (including phenoxy) is 1. The molecule has 0 bridgehead atoms. The van der Waals surface area contributed by atoms with Gasteiger partial charge in [-0.2, -0.15) is 5.21 Å². The number of rotatable bonds is 3. The Bertz CT molecular complexity index is 232. The van der Waals surface area contributed by atoms with E-state index in [2.05, 4.69) is 20.6 Å². The molecule has 3 N–H and O–H groups in total. The summed E-state index contributed by atoms with van der Waals surface area (Å²) in [6, 6.07) is 0. The molecule has 0 fully saturated rings. The number of tetrazole rings is 1. The van der Waals surface area contributed by atoms with Gasteiger partial charge in [-0.15, -0.1) is 10.2 Å². The van der Waals surface area contributed by atoms with Crippen molar-refractivity contribution in [1.82, 2.24) is 20.6 Å². The highest BCUT2D eigenvalue weighted by Gasteiger charge is 2.32. The first-order valence-corrected chi connectivity index (χ1v) is 3.64. The fourth-order valence-electron chi connectivity index (χ4n) is 0.817. The number of hydrogen-bond acceptors (Lipinski definition) is 5. The summed E-state index contributed by atoms with van der Waals surface area (Å²) in [6.07, 6.45) is -0.157. The lowest BCUT2D eigenvalue weighted by molar-refractivity contribution is 0.0516. The topological polar surface area (TPSA) is 89.7 Å². The molecule has 1 aromatic heterocycles. The SMILES string of the molecule is COC(C)C(C)(N)c1nn[nH]n1. The van der Waals surface area contributed by atoms with Crippen molar-refractivity contribution in [3.63, 3.8) is 0 Å². The Morgan fingerprint density at radius 3 is 2.75 bits per heavy atom. The number of aromatic amines is 1. The molecule has 0 spiro atoms. The predicted octanol–water partition coefficient (Wildman–Crippen LogP) is -0.591. The fraction of sp³-hybridized carbons (Fsp3) is 0.833. The van der Waals surface area contributed by atoms with Crippen LogP contribution in [0.4, 0.5) is 0 Å². The van der Waals surface area contributed by atoms with Gasteiger partial charge in [-0.1, -0.05) is 5.21 Å². The number of hydrogen-bond donors (Lipinski definition) is 2. The fourth-order valence-corrected chi connectivity index (χ4v) is 0.817. The van der Waals surface area contributed by atoms with Crippen LogP contribution >= 0.6 is 0 Å². The first-order chi connectivity index (χ1) is 5.59. The van der Waals surface area contributed by atoms with E-state index in [4.69, 9.17) is 10.5 Å². The predicted molar refractivity (Wildman–Crippen MR) is 42.2 cm³/mol. The van der Waals surface area contributed by atoms with Gasteiger partial charge in [0.25, 0.3) is 0 Å². The van der Waals surface area contributed by atoms with Gasteiger partial charge in [-0.25, -0.2) is 0 Å². The molecule has 0 aliphatic carbocycles. The largest absolute Gasteiger partial charge is 0.379 e. The Balaban J connectivity index is 2.85. The second kappa shape index (κ2) is 3.16. The summed E-state index contributed by atoms with van der Waals surface area (Å²) in [5, 5.41) is 13.4. The van der Waals surface area contributed by atoms with Crippen LogP contribution in [0.25, 0.3) is 0 Å². The lowest BCUT2D eigenvalue weighted by Crippen LogP contribution is -2.45. The maximum Gasteiger partial charge on any atom is 0.196 e. The van der Waals surface area contributed by atoms with E-state index in [9.17, 15) is 0 Å². The first kappa shape index (κ1) is 9.08. The Hall–Kier alpha value is -1.01. The van der Waals surface area contributed by atoms with E-state index in [0.717, 1.165) is 0 Å². The quantitative estimate of drug-likeness (QED) is 0.634. The van der Waals surface area contributed by atoms with Crippen LogP contribution in [0.2, 0.25) is 0 Å². The summed E-state index contributed by atoms with van der Waals surface area (Å²) >= 11 is 0. The van der Waals surface area contributed by atoms with Crippen molar-refractivity contribution >= 4 is 0 Å². The molecule has 1 rings (SSSR count). The molecule has 0 saturated heterocycles. The number of nitrogens with zero attached hydrogens (tertiary/aromatic N) is 3. The van der Waals surface area contributed by atoms with E-state index >= 15 is 0 Å². The van der Waals surface area contributed by atoms with Crippen LogP contribution in [-0.4, -0.2) is 33.8 Å². The van der Waals surface area contributed by atoms with Crippen molar-refractivity contribution in [1.29, 1.82) is 0 Å². The molecule has 12 heavy (non-hydrogen) atoms. The van der Waals surface area contributed by atoms with Gasteiger partial charge in [0.15, 0.2) is 5.82 Å². The molecular formula is C6H13N5O. The molecule has 0 amide bonds. The summed E-state index contributed by atoms with van der Waals surface area (Å²) in [5.74, 6) is 0.455. The van der Waals surface area contributed by atoms with E-state index in [0.29, 0.717) is 5.82 Å². The maximum absolute atomic E-state index is 5.93.